The molecule has 412 valence electrons. The van der Waals surface area contributed by atoms with Gasteiger partial charge in [0.2, 0.25) is 0 Å². The molecule has 2 atom stereocenters. The molecule has 9 nitrogen and oxygen atoms in total. The highest BCUT2D eigenvalue weighted by Gasteiger charge is 2.22. The molecule has 2 unspecified atom stereocenters. The Labute approximate surface area is 429 Å². The summed E-state index contributed by atoms with van der Waals surface area (Å²) in [6.07, 6.45) is 58.7. The van der Waals surface area contributed by atoms with Crippen molar-refractivity contribution in [2.75, 3.05) is 47.5 Å². The van der Waals surface area contributed by atoms with Crippen LogP contribution in [0.15, 0.2) is 0 Å². The Bertz CT molecular complexity index is 1130. The number of rotatable bonds is 57. The molecule has 0 aliphatic heterocycles. The summed E-state index contributed by atoms with van der Waals surface area (Å²) in [7, 11) is 1.19. The summed E-state index contributed by atoms with van der Waals surface area (Å²) in [5.74, 6) is -0.807. The second-order valence-corrected chi connectivity index (χ2v) is 23.5. The number of unbranched alkanes of at least 4 members (excludes halogenated alkanes) is 43. The highest BCUT2D eigenvalue weighted by atomic mass is 31.2. The molecule has 0 rings (SSSR count). The lowest BCUT2D eigenvalue weighted by molar-refractivity contribution is -0.870. The van der Waals surface area contributed by atoms with E-state index < -0.39 is 26.5 Å². The molecule has 0 amide bonds. The van der Waals surface area contributed by atoms with Crippen LogP contribution in [0.4, 0.5) is 0 Å². The van der Waals surface area contributed by atoms with Crippen molar-refractivity contribution in [3.63, 3.8) is 0 Å². The van der Waals surface area contributed by atoms with Gasteiger partial charge in [0.05, 0.1) is 27.7 Å². The van der Waals surface area contributed by atoms with Crippen LogP contribution in [-0.4, -0.2) is 70.0 Å². The van der Waals surface area contributed by atoms with E-state index in [1.54, 1.807) is 0 Å². The van der Waals surface area contributed by atoms with Crippen LogP contribution in [0.1, 0.15) is 316 Å². The molecule has 0 aliphatic carbocycles. The molecule has 0 heterocycles. The first-order valence-electron chi connectivity index (χ1n) is 30.2. The van der Waals surface area contributed by atoms with E-state index in [1.807, 2.05) is 21.1 Å². The summed E-state index contributed by atoms with van der Waals surface area (Å²) >= 11 is 0. The van der Waals surface area contributed by atoms with Gasteiger partial charge in [-0.25, -0.2) is 0 Å². The quantitative estimate of drug-likeness (QED) is 0.0256. The molecule has 0 fully saturated rings. The third-order valence-electron chi connectivity index (χ3n) is 13.9. The second-order valence-electron chi connectivity index (χ2n) is 22.1. The minimum atomic E-state index is -4.63. The van der Waals surface area contributed by atoms with Crippen molar-refractivity contribution in [1.82, 2.24) is 0 Å². The normalized spacial score (nSPS) is 13.2. The molecule has 69 heavy (non-hydrogen) atoms. The van der Waals surface area contributed by atoms with Gasteiger partial charge in [-0.05, 0) is 12.8 Å². The van der Waals surface area contributed by atoms with Gasteiger partial charge >= 0.3 is 11.9 Å². The molecule has 0 saturated carbocycles. The van der Waals surface area contributed by atoms with Crippen LogP contribution in [0.25, 0.3) is 0 Å². The van der Waals surface area contributed by atoms with Crippen LogP contribution in [0.5, 0.6) is 0 Å². The maximum Gasteiger partial charge on any atom is 0.306 e. The number of carbonyl (C=O) groups excluding carboxylic acids is 2. The van der Waals surface area contributed by atoms with Crippen molar-refractivity contribution >= 4 is 19.8 Å². The van der Waals surface area contributed by atoms with E-state index >= 15 is 0 Å². The van der Waals surface area contributed by atoms with Crippen LogP contribution in [-0.2, 0) is 32.7 Å². The van der Waals surface area contributed by atoms with Crippen molar-refractivity contribution in [3.05, 3.63) is 0 Å². The van der Waals surface area contributed by atoms with E-state index in [2.05, 4.69) is 13.8 Å². The Balaban J connectivity index is 4.08. The number of quaternary nitrogens is 1. The van der Waals surface area contributed by atoms with Crippen LogP contribution >= 0.6 is 7.82 Å². The minimum absolute atomic E-state index is 0.0250. The highest BCUT2D eigenvalue weighted by molar-refractivity contribution is 7.45. The first-order chi connectivity index (χ1) is 33.5. The van der Waals surface area contributed by atoms with Crippen molar-refractivity contribution in [2.45, 2.75) is 322 Å². The van der Waals surface area contributed by atoms with E-state index in [0.29, 0.717) is 17.4 Å². The SMILES string of the molecule is CCCCCCCCCCCCCCCCCCCCCCCCCC(=O)OC(COC(=O)CCCCCCCCCCCCCCCCCCCCCCCC)COP(=O)([O-])OCC[N+](C)(C)C. The maximum absolute atomic E-state index is 12.8. The molecule has 0 aromatic heterocycles. The zero-order valence-corrected chi connectivity index (χ0v) is 47.7. The molecule has 0 saturated heterocycles. The van der Waals surface area contributed by atoms with E-state index in [-0.39, 0.29) is 32.0 Å². The Hall–Kier alpha value is -0.990. The summed E-state index contributed by atoms with van der Waals surface area (Å²) in [4.78, 5) is 37.9. The summed E-state index contributed by atoms with van der Waals surface area (Å²) in [6.45, 7) is 4.32. The molecule has 0 aromatic carbocycles. The zero-order valence-electron chi connectivity index (χ0n) is 46.8. The van der Waals surface area contributed by atoms with E-state index in [0.717, 1.165) is 32.1 Å². The first-order valence-corrected chi connectivity index (χ1v) is 31.7. The van der Waals surface area contributed by atoms with Gasteiger partial charge < -0.3 is 27.9 Å². The maximum atomic E-state index is 12.8. The van der Waals surface area contributed by atoms with Gasteiger partial charge in [0.15, 0.2) is 6.10 Å². The average Bonchev–Trinajstić information content (AvgIpc) is 3.31. The highest BCUT2D eigenvalue weighted by Crippen LogP contribution is 2.38. The number of phosphoric acid groups is 1. The molecule has 0 aliphatic rings. The number of likely N-dealkylation sites (N-methyl/N-ethyl adjacent to an activating group) is 1. The van der Waals surface area contributed by atoms with Crippen molar-refractivity contribution in [1.29, 1.82) is 0 Å². The molecule has 0 spiro atoms. The number of hydrogen-bond donors (Lipinski definition) is 0. The molecule has 10 heteroatoms. The van der Waals surface area contributed by atoms with Crippen molar-refractivity contribution in [2.24, 2.45) is 0 Å². The van der Waals surface area contributed by atoms with Gasteiger partial charge in [-0.2, -0.15) is 0 Å². The number of hydrogen-bond acceptors (Lipinski definition) is 8. The zero-order chi connectivity index (χ0) is 50.6. The van der Waals surface area contributed by atoms with Gasteiger partial charge in [0.1, 0.15) is 19.8 Å². The van der Waals surface area contributed by atoms with Crippen LogP contribution in [0.2, 0.25) is 0 Å². The van der Waals surface area contributed by atoms with Crippen LogP contribution in [0.3, 0.4) is 0 Å². The molecular weight excluding hydrogens is 882 g/mol. The molecule has 0 radical (unpaired) electrons. The Morgan fingerprint density at radius 2 is 0.652 bits per heavy atom. The van der Waals surface area contributed by atoms with Gasteiger partial charge in [-0.1, -0.05) is 290 Å². The van der Waals surface area contributed by atoms with Gasteiger partial charge in [-0.15, -0.1) is 0 Å². The van der Waals surface area contributed by atoms with Crippen LogP contribution < -0.4 is 4.89 Å². The predicted molar refractivity (Wildman–Crippen MR) is 292 cm³/mol. The average molecular weight is 1000 g/mol. The largest absolute Gasteiger partial charge is 0.756 e. The standard InChI is InChI=1S/C59H118NO8P/c1-6-8-10-12-14-16-18-20-22-24-26-28-30-32-34-36-38-40-42-44-46-48-50-52-59(62)68-57(56-67-69(63,64)66-54-53-60(3,4)5)55-65-58(61)51-49-47-45-43-41-39-37-35-33-31-29-27-25-23-21-19-17-15-13-11-9-7-2/h57H,6-56H2,1-5H3. The topological polar surface area (TPSA) is 111 Å². The Morgan fingerprint density at radius 3 is 0.928 bits per heavy atom. The third-order valence-corrected chi connectivity index (χ3v) is 14.8. The van der Waals surface area contributed by atoms with Gasteiger partial charge in [-0.3, -0.25) is 14.2 Å². The molecule has 0 bridgehead atoms. The van der Waals surface area contributed by atoms with E-state index in [4.69, 9.17) is 18.5 Å². The number of nitrogens with zero attached hydrogens (tertiary/aromatic N) is 1. The fourth-order valence-corrected chi connectivity index (χ4v) is 9.92. The van der Waals surface area contributed by atoms with E-state index in [1.165, 1.54) is 250 Å². The van der Waals surface area contributed by atoms with E-state index in [9.17, 15) is 19.0 Å². The van der Waals surface area contributed by atoms with Crippen LogP contribution in [0, 0.1) is 0 Å². The number of esters is 2. The number of carbonyl (C=O) groups is 2. The van der Waals surface area contributed by atoms with Crippen molar-refractivity contribution in [3.8, 4) is 0 Å². The van der Waals surface area contributed by atoms with Gasteiger partial charge in [0, 0.05) is 12.8 Å². The number of ether oxygens (including phenoxy) is 2. The fraction of sp³-hybridized carbons (Fsp3) is 0.966. The summed E-state index contributed by atoms with van der Waals surface area (Å²) < 4.78 is 34.2. The monoisotopic (exact) mass is 1000 g/mol. The second kappa shape index (κ2) is 51.9. The summed E-state index contributed by atoms with van der Waals surface area (Å²) in [5, 5.41) is 0. The lowest BCUT2D eigenvalue weighted by Gasteiger charge is -2.28. The molecular formula is C59H118NO8P. The Morgan fingerprint density at radius 1 is 0.391 bits per heavy atom. The number of phosphoric ester groups is 1. The lowest BCUT2D eigenvalue weighted by atomic mass is 10.0. The lowest BCUT2D eigenvalue weighted by Crippen LogP contribution is -2.37. The first kappa shape index (κ1) is 68.0. The molecule has 0 N–H and O–H groups in total. The smallest absolute Gasteiger partial charge is 0.306 e. The van der Waals surface area contributed by atoms with Crippen molar-refractivity contribution < 1.29 is 42.1 Å². The summed E-state index contributed by atoms with van der Waals surface area (Å²) in [6, 6.07) is 0. The summed E-state index contributed by atoms with van der Waals surface area (Å²) in [5.41, 5.74) is 0. The predicted octanol–water partition coefficient (Wildman–Crippen LogP) is 18.0. The Kier molecular flexibility index (Phi) is 51.1. The fourth-order valence-electron chi connectivity index (χ4n) is 9.19. The minimum Gasteiger partial charge on any atom is -0.756 e. The molecule has 0 aromatic rings. The third kappa shape index (κ3) is 56.2. The van der Waals surface area contributed by atoms with Gasteiger partial charge in [0.25, 0.3) is 7.82 Å².